The van der Waals surface area contributed by atoms with Crippen LogP contribution < -0.4 is 5.32 Å². The molecule has 86 valence electrons. The molecule has 1 fully saturated rings. The van der Waals surface area contributed by atoms with Gasteiger partial charge in [-0.3, -0.25) is 14.7 Å². The molecule has 2 N–H and O–H groups in total. The number of pyridine rings is 1. The molecule has 0 unspecified atom stereocenters. The van der Waals surface area contributed by atoms with E-state index in [1.54, 1.807) is 12.4 Å². The molecule has 2 rings (SSSR count). The first-order chi connectivity index (χ1) is 7.77. The molecule has 1 aromatic heterocycles. The average Bonchev–Trinajstić information content (AvgIpc) is 2.31. The van der Waals surface area contributed by atoms with Gasteiger partial charge in [0, 0.05) is 38.6 Å². The van der Waals surface area contributed by atoms with Crippen LogP contribution in [0.4, 0.5) is 0 Å². The molecule has 1 atom stereocenters. The maximum Gasteiger partial charge on any atom is 0.322 e. The molecule has 0 spiro atoms. The molecule has 0 aliphatic carbocycles. The summed E-state index contributed by atoms with van der Waals surface area (Å²) in [5.41, 5.74) is 1.05. The number of carbonyl (C=O) groups is 1. The van der Waals surface area contributed by atoms with E-state index in [1.807, 2.05) is 17.0 Å². The second kappa shape index (κ2) is 5.05. The number of hydrogen-bond donors (Lipinski definition) is 2. The Morgan fingerprint density at radius 1 is 1.69 bits per heavy atom. The highest BCUT2D eigenvalue weighted by Crippen LogP contribution is 2.09. The third-order valence-electron chi connectivity index (χ3n) is 2.75. The van der Waals surface area contributed by atoms with Crippen LogP contribution in [0.2, 0.25) is 0 Å². The maximum atomic E-state index is 11.1. The second-order valence-corrected chi connectivity index (χ2v) is 3.89. The Hall–Kier alpha value is -1.46. The molecule has 5 nitrogen and oxygen atoms in total. The number of piperazine rings is 1. The van der Waals surface area contributed by atoms with E-state index in [1.165, 1.54) is 0 Å². The third-order valence-corrected chi connectivity index (χ3v) is 2.75. The van der Waals surface area contributed by atoms with Gasteiger partial charge in [-0.05, 0) is 11.6 Å². The van der Waals surface area contributed by atoms with Crippen molar-refractivity contribution in [2.75, 3.05) is 19.6 Å². The van der Waals surface area contributed by atoms with E-state index in [4.69, 9.17) is 5.11 Å². The molecular formula is C11H15N3O2. The standard InChI is InChI=1S/C11H15N3O2/c15-11(16)10-7-13-4-5-14(10)8-9-2-1-3-12-6-9/h1-3,6,10,13H,4-5,7-8H2,(H,15,16)/t10-/m1/s1. The topological polar surface area (TPSA) is 65.5 Å². The predicted octanol–water partition coefficient (Wildman–Crippen LogP) is -0.0600. The van der Waals surface area contributed by atoms with Crippen molar-refractivity contribution < 1.29 is 9.90 Å². The molecule has 2 heterocycles. The van der Waals surface area contributed by atoms with Crippen molar-refractivity contribution in [3.05, 3.63) is 30.1 Å². The molecule has 0 saturated carbocycles. The Balaban J connectivity index is 2.04. The minimum absolute atomic E-state index is 0.436. The van der Waals surface area contributed by atoms with Crippen molar-refractivity contribution in [2.45, 2.75) is 12.6 Å². The summed E-state index contributed by atoms with van der Waals surface area (Å²) < 4.78 is 0. The predicted molar refractivity (Wildman–Crippen MR) is 58.9 cm³/mol. The Morgan fingerprint density at radius 2 is 2.56 bits per heavy atom. The summed E-state index contributed by atoms with van der Waals surface area (Å²) in [5, 5.41) is 12.2. The van der Waals surface area contributed by atoms with Crippen molar-refractivity contribution in [1.29, 1.82) is 0 Å². The highest BCUT2D eigenvalue weighted by molar-refractivity contribution is 5.73. The minimum atomic E-state index is -0.768. The monoisotopic (exact) mass is 221 g/mol. The van der Waals surface area contributed by atoms with Crippen molar-refractivity contribution in [1.82, 2.24) is 15.2 Å². The van der Waals surface area contributed by atoms with Gasteiger partial charge in [-0.15, -0.1) is 0 Å². The number of aromatic nitrogens is 1. The number of aliphatic carboxylic acids is 1. The lowest BCUT2D eigenvalue weighted by Crippen LogP contribution is -2.54. The first kappa shape index (κ1) is 11.0. The molecule has 0 amide bonds. The lowest BCUT2D eigenvalue weighted by molar-refractivity contribution is -0.144. The van der Waals surface area contributed by atoms with Gasteiger partial charge in [-0.1, -0.05) is 6.07 Å². The van der Waals surface area contributed by atoms with Crippen molar-refractivity contribution in [2.24, 2.45) is 0 Å². The van der Waals surface area contributed by atoms with Gasteiger partial charge < -0.3 is 10.4 Å². The van der Waals surface area contributed by atoms with E-state index in [2.05, 4.69) is 10.3 Å². The van der Waals surface area contributed by atoms with E-state index >= 15 is 0 Å². The van der Waals surface area contributed by atoms with Gasteiger partial charge in [0.2, 0.25) is 0 Å². The van der Waals surface area contributed by atoms with E-state index in [0.29, 0.717) is 13.1 Å². The normalized spacial score (nSPS) is 21.9. The molecule has 5 heteroatoms. The number of carboxylic acids is 1. The highest BCUT2D eigenvalue weighted by atomic mass is 16.4. The first-order valence-corrected chi connectivity index (χ1v) is 5.34. The Kier molecular flexibility index (Phi) is 3.48. The summed E-state index contributed by atoms with van der Waals surface area (Å²) in [5.74, 6) is -0.768. The fourth-order valence-corrected chi connectivity index (χ4v) is 1.91. The lowest BCUT2D eigenvalue weighted by atomic mass is 10.1. The molecule has 0 radical (unpaired) electrons. The molecular weight excluding hydrogens is 206 g/mol. The zero-order valence-corrected chi connectivity index (χ0v) is 8.97. The second-order valence-electron chi connectivity index (χ2n) is 3.89. The first-order valence-electron chi connectivity index (χ1n) is 5.34. The molecule has 1 aliphatic rings. The van der Waals surface area contributed by atoms with E-state index in [9.17, 15) is 4.79 Å². The van der Waals surface area contributed by atoms with Crippen LogP contribution in [0, 0.1) is 0 Å². The van der Waals surface area contributed by atoms with Crippen LogP contribution in [0.25, 0.3) is 0 Å². The van der Waals surface area contributed by atoms with Crippen LogP contribution >= 0.6 is 0 Å². The number of nitrogens with zero attached hydrogens (tertiary/aromatic N) is 2. The van der Waals surface area contributed by atoms with E-state index in [0.717, 1.165) is 18.7 Å². The number of hydrogen-bond acceptors (Lipinski definition) is 4. The van der Waals surface area contributed by atoms with Crippen LogP contribution in [-0.2, 0) is 11.3 Å². The number of rotatable bonds is 3. The number of carboxylic acid groups (broad SMARTS) is 1. The summed E-state index contributed by atoms with van der Waals surface area (Å²) in [6.07, 6.45) is 3.50. The SMILES string of the molecule is O=C(O)[C@H]1CNCCN1Cc1cccnc1. The van der Waals surface area contributed by atoms with Crippen molar-refractivity contribution in [3.8, 4) is 0 Å². The zero-order chi connectivity index (χ0) is 11.4. The Morgan fingerprint density at radius 3 is 3.25 bits per heavy atom. The van der Waals surface area contributed by atoms with Gasteiger partial charge in [0.25, 0.3) is 0 Å². The molecule has 1 aliphatic heterocycles. The Labute approximate surface area is 94.1 Å². The van der Waals surface area contributed by atoms with E-state index in [-0.39, 0.29) is 0 Å². The van der Waals surface area contributed by atoms with Crippen LogP contribution in [0.1, 0.15) is 5.56 Å². The van der Waals surface area contributed by atoms with Crippen LogP contribution in [0.15, 0.2) is 24.5 Å². The summed E-state index contributed by atoms with van der Waals surface area (Å²) in [7, 11) is 0. The summed E-state index contributed by atoms with van der Waals surface area (Å²) in [4.78, 5) is 17.1. The van der Waals surface area contributed by atoms with Gasteiger partial charge in [-0.2, -0.15) is 0 Å². The fourth-order valence-electron chi connectivity index (χ4n) is 1.91. The molecule has 0 bridgehead atoms. The van der Waals surface area contributed by atoms with Gasteiger partial charge in [-0.25, -0.2) is 0 Å². The third kappa shape index (κ3) is 2.56. The van der Waals surface area contributed by atoms with Crippen LogP contribution in [0.5, 0.6) is 0 Å². The highest BCUT2D eigenvalue weighted by Gasteiger charge is 2.27. The molecule has 1 aromatic rings. The van der Waals surface area contributed by atoms with Crippen molar-refractivity contribution >= 4 is 5.97 Å². The lowest BCUT2D eigenvalue weighted by Gasteiger charge is -2.33. The number of nitrogens with one attached hydrogen (secondary N) is 1. The Bertz CT molecular complexity index is 356. The summed E-state index contributed by atoms with van der Waals surface area (Å²) in [6, 6.07) is 3.40. The van der Waals surface area contributed by atoms with Gasteiger partial charge in [0.1, 0.15) is 6.04 Å². The quantitative estimate of drug-likeness (QED) is 0.748. The zero-order valence-electron chi connectivity index (χ0n) is 8.97. The summed E-state index contributed by atoms with van der Waals surface area (Å²) in [6.45, 7) is 2.75. The average molecular weight is 221 g/mol. The smallest absolute Gasteiger partial charge is 0.322 e. The minimum Gasteiger partial charge on any atom is -0.480 e. The maximum absolute atomic E-state index is 11.1. The van der Waals surface area contributed by atoms with E-state index < -0.39 is 12.0 Å². The van der Waals surface area contributed by atoms with Crippen LogP contribution in [-0.4, -0.2) is 46.6 Å². The summed E-state index contributed by atoms with van der Waals surface area (Å²) >= 11 is 0. The largest absolute Gasteiger partial charge is 0.480 e. The molecule has 1 saturated heterocycles. The fraction of sp³-hybridized carbons (Fsp3) is 0.455. The van der Waals surface area contributed by atoms with Gasteiger partial charge >= 0.3 is 5.97 Å². The van der Waals surface area contributed by atoms with Gasteiger partial charge in [0.05, 0.1) is 0 Å². The van der Waals surface area contributed by atoms with Gasteiger partial charge in [0.15, 0.2) is 0 Å². The van der Waals surface area contributed by atoms with Crippen molar-refractivity contribution in [3.63, 3.8) is 0 Å². The molecule has 16 heavy (non-hydrogen) atoms. The van der Waals surface area contributed by atoms with Crippen LogP contribution in [0.3, 0.4) is 0 Å². The molecule has 0 aromatic carbocycles.